The molecule has 0 aromatic carbocycles. The lowest BCUT2D eigenvalue weighted by molar-refractivity contribution is -0.0342. The molecule has 4 nitrogen and oxygen atoms in total. The van der Waals surface area contributed by atoms with E-state index in [4.69, 9.17) is 4.74 Å². The van der Waals surface area contributed by atoms with Gasteiger partial charge in [-0.1, -0.05) is 19.3 Å². The topological polar surface area (TPSA) is 47.3 Å². The third-order valence-electron chi connectivity index (χ3n) is 3.71. The second kappa shape index (κ2) is 4.69. The number of aromatic nitrogens is 2. The lowest BCUT2D eigenvalue weighted by Crippen LogP contribution is -2.38. The molecule has 1 aromatic rings. The average molecular weight is 238 g/mol. The summed E-state index contributed by atoms with van der Waals surface area (Å²) in [6.07, 6.45) is 5.14. The molecule has 1 saturated carbocycles. The van der Waals surface area contributed by atoms with Crippen molar-refractivity contribution in [1.82, 2.24) is 9.78 Å². The molecule has 0 radical (unpaired) electrons. The fourth-order valence-electron chi connectivity index (χ4n) is 2.52. The Labute approximate surface area is 103 Å². The van der Waals surface area contributed by atoms with Crippen LogP contribution < -0.4 is 4.74 Å². The normalized spacial score (nSPS) is 19.3. The summed E-state index contributed by atoms with van der Waals surface area (Å²) < 4.78 is 7.61. The van der Waals surface area contributed by atoms with E-state index in [0.717, 1.165) is 42.8 Å². The molecule has 17 heavy (non-hydrogen) atoms. The second-order valence-electron chi connectivity index (χ2n) is 5.20. The third-order valence-corrected chi connectivity index (χ3v) is 3.71. The van der Waals surface area contributed by atoms with Crippen LogP contribution in [0.25, 0.3) is 0 Å². The lowest BCUT2D eigenvalue weighted by atomic mass is 9.85. The lowest BCUT2D eigenvalue weighted by Gasteiger charge is -2.31. The van der Waals surface area contributed by atoms with Crippen LogP contribution in [-0.4, -0.2) is 27.1 Å². The Kier molecular flexibility index (Phi) is 3.43. The van der Waals surface area contributed by atoms with Crippen LogP contribution in [0.15, 0.2) is 0 Å². The molecule has 4 heteroatoms. The molecular formula is C13H22N2O2. The predicted octanol–water partition coefficient (Wildman–Crippen LogP) is 2.11. The monoisotopic (exact) mass is 238 g/mol. The molecule has 0 saturated heterocycles. The second-order valence-corrected chi connectivity index (χ2v) is 5.20. The minimum Gasteiger partial charge on any atom is -0.487 e. The van der Waals surface area contributed by atoms with Gasteiger partial charge in [0, 0.05) is 7.05 Å². The van der Waals surface area contributed by atoms with Gasteiger partial charge in [0.2, 0.25) is 0 Å². The molecule has 96 valence electrons. The molecule has 1 N–H and O–H groups in total. The zero-order valence-electron chi connectivity index (χ0n) is 11.0. The quantitative estimate of drug-likeness (QED) is 0.877. The molecule has 0 spiro atoms. The van der Waals surface area contributed by atoms with Gasteiger partial charge >= 0.3 is 0 Å². The van der Waals surface area contributed by atoms with E-state index in [0.29, 0.717) is 6.61 Å². The van der Waals surface area contributed by atoms with Gasteiger partial charge < -0.3 is 9.84 Å². The van der Waals surface area contributed by atoms with E-state index in [-0.39, 0.29) is 0 Å². The zero-order chi connectivity index (χ0) is 12.5. The van der Waals surface area contributed by atoms with E-state index in [1.54, 1.807) is 0 Å². The van der Waals surface area contributed by atoms with E-state index in [2.05, 4.69) is 5.10 Å². The van der Waals surface area contributed by atoms with Crippen molar-refractivity contribution in [3.8, 4) is 5.75 Å². The molecule has 1 aliphatic carbocycles. The molecule has 1 fully saturated rings. The molecule has 0 amide bonds. The molecule has 0 bridgehead atoms. The van der Waals surface area contributed by atoms with Crippen molar-refractivity contribution in [2.45, 2.75) is 51.6 Å². The van der Waals surface area contributed by atoms with Gasteiger partial charge in [-0.3, -0.25) is 4.68 Å². The third kappa shape index (κ3) is 2.63. The highest BCUT2D eigenvalue weighted by Crippen LogP contribution is 2.30. The molecule has 1 aliphatic rings. The summed E-state index contributed by atoms with van der Waals surface area (Å²) in [5.41, 5.74) is 1.28. The fourth-order valence-corrected chi connectivity index (χ4v) is 2.52. The first-order valence-corrected chi connectivity index (χ1v) is 6.37. The highest BCUT2D eigenvalue weighted by molar-refractivity contribution is 5.31. The van der Waals surface area contributed by atoms with E-state index in [1.165, 1.54) is 6.42 Å². The van der Waals surface area contributed by atoms with Gasteiger partial charge in [0.15, 0.2) is 5.75 Å². The van der Waals surface area contributed by atoms with Crippen LogP contribution in [-0.2, 0) is 7.05 Å². The first-order valence-electron chi connectivity index (χ1n) is 6.37. The Morgan fingerprint density at radius 1 is 1.29 bits per heavy atom. The highest BCUT2D eigenvalue weighted by atomic mass is 16.5. The maximum absolute atomic E-state index is 10.4. The van der Waals surface area contributed by atoms with Crippen LogP contribution in [0.4, 0.5) is 0 Å². The van der Waals surface area contributed by atoms with E-state index >= 15 is 0 Å². The van der Waals surface area contributed by atoms with Gasteiger partial charge in [0.05, 0.1) is 11.3 Å². The summed E-state index contributed by atoms with van der Waals surface area (Å²) in [6.45, 7) is 4.31. The highest BCUT2D eigenvalue weighted by Gasteiger charge is 2.30. The Hall–Kier alpha value is -1.03. The Morgan fingerprint density at radius 2 is 1.94 bits per heavy atom. The number of nitrogens with zero attached hydrogens (tertiary/aromatic N) is 2. The largest absolute Gasteiger partial charge is 0.487 e. The number of aryl methyl sites for hydroxylation is 2. The van der Waals surface area contributed by atoms with Gasteiger partial charge in [-0.2, -0.15) is 5.10 Å². The minimum absolute atomic E-state index is 0.389. The standard InChI is InChI=1S/C13H22N2O2/c1-10-12(11(2)15(3)14-10)17-9-13(16)7-5-4-6-8-13/h16H,4-9H2,1-3H3. The van der Waals surface area contributed by atoms with Gasteiger partial charge in [0.25, 0.3) is 0 Å². The summed E-state index contributed by atoms with van der Waals surface area (Å²) in [5.74, 6) is 0.825. The Bertz CT molecular complexity index is 392. The van der Waals surface area contributed by atoms with Crippen LogP contribution >= 0.6 is 0 Å². The maximum Gasteiger partial charge on any atom is 0.163 e. The van der Waals surface area contributed by atoms with Crippen molar-refractivity contribution in [2.24, 2.45) is 7.05 Å². The number of hydrogen-bond donors (Lipinski definition) is 1. The van der Waals surface area contributed by atoms with E-state index in [9.17, 15) is 5.11 Å². The average Bonchev–Trinajstić information content (AvgIpc) is 2.52. The van der Waals surface area contributed by atoms with Gasteiger partial charge in [-0.25, -0.2) is 0 Å². The van der Waals surface area contributed by atoms with Crippen LogP contribution in [0.5, 0.6) is 5.75 Å². The first kappa shape index (κ1) is 12.4. The number of rotatable bonds is 3. The van der Waals surface area contributed by atoms with E-state index in [1.807, 2.05) is 25.6 Å². The molecule has 1 heterocycles. The number of hydrogen-bond acceptors (Lipinski definition) is 3. The van der Waals surface area contributed by atoms with Crippen molar-refractivity contribution in [2.75, 3.05) is 6.61 Å². The van der Waals surface area contributed by atoms with Crippen molar-refractivity contribution in [3.05, 3.63) is 11.4 Å². The van der Waals surface area contributed by atoms with Gasteiger partial charge in [-0.05, 0) is 26.7 Å². The molecule has 0 aliphatic heterocycles. The Balaban J connectivity index is 2.01. The number of ether oxygens (including phenoxy) is 1. The van der Waals surface area contributed by atoms with Crippen LogP contribution in [0, 0.1) is 13.8 Å². The first-order chi connectivity index (χ1) is 8.02. The van der Waals surface area contributed by atoms with Crippen LogP contribution in [0.2, 0.25) is 0 Å². The van der Waals surface area contributed by atoms with Crippen molar-refractivity contribution >= 4 is 0 Å². The zero-order valence-corrected chi connectivity index (χ0v) is 11.0. The van der Waals surface area contributed by atoms with Crippen molar-refractivity contribution < 1.29 is 9.84 Å². The minimum atomic E-state index is -0.632. The molecule has 0 unspecified atom stereocenters. The summed E-state index contributed by atoms with van der Waals surface area (Å²) in [7, 11) is 1.91. The summed E-state index contributed by atoms with van der Waals surface area (Å²) in [5, 5.41) is 14.7. The molecule has 1 aromatic heterocycles. The van der Waals surface area contributed by atoms with Crippen LogP contribution in [0.1, 0.15) is 43.5 Å². The fraction of sp³-hybridized carbons (Fsp3) is 0.769. The van der Waals surface area contributed by atoms with E-state index < -0.39 is 5.60 Å². The molecule has 2 rings (SSSR count). The van der Waals surface area contributed by atoms with Crippen molar-refractivity contribution in [3.63, 3.8) is 0 Å². The summed E-state index contributed by atoms with van der Waals surface area (Å²) in [4.78, 5) is 0. The molecule has 0 atom stereocenters. The molecular weight excluding hydrogens is 216 g/mol. The van der Waals surface area contributed by atoms with Crippen molar-refractivity contribution in [1.29, 1.82) is 0 Å². The van der Waals surface area contributed by atoms with Crippen LogP contribution in [0.3, 0.4) is 0 Å². The summed E-state index contributed by atoms with van der Waals surface area (Å²) >= 11 is 0. The predicted molar refractivity (Wildman–Crippen MR) is 66.2 cm³/mol. The SMILES string of the molecule is Cc1nn(C)c(C)c1OCC1(O)CCCCC1. The smallest absolute Gasteiger partial charge is 0.163 e. The number of aliphatic hydroxyl groups is 1. The van der Waals surface area contributed by atoms with Gasteiger partial charge in [-0.15, -0.1) is 0 Å². The Morgan fingerprint density at radius 3 is 2.47 bits per heavy atom. The van der Waals surface area contributed by atoms with Gasteiger partial charge in [0.1, 0.15) is 12.3 Å². The summed E-state index contributed by atoms with van der Waals surface area (Å²) in [6, 6.07) is 0. The maximum atomic E-state index is 10.4.